The largest absolute Gasteiger partial charge is 0.478 e. The average molecular weight is 264 g/mol. The molecule has 5 nitrogen and oxygen atoms in total. The van der Waals surface area contributed by atoms with Crippen molar-refractivity contribution in [3.05, 3.63) is 41.7 Å². The number of aromatic carboxylic acids is 1. The lowest BCUT2D eigenvalue weighted by Gasteiger charge is -2.12. The lowest BCUT2D eigenvalue weighted by molar-refractivity contribution is -0.118. The highest BCUT2D eigenvalue weighted by molar-refractivity contribution is 6.01. The molecule has 0 bridgehead atoms. The van der Waals surface area contributed by atoms with Crippen LogP contribution in [0.25, 0.3) is 0 Å². The van der Waals surface area contributed by atoms with E-state index < -0.39 is 23.6 Å². The molecular formula is C13H13FN2O3. The zero-order chi connectivity index (χ0) is 14.0. The third-order valence-corrected chi connectivity index (χ3v) is 2.92. The zero-order valence-corrected chi connectivity index (χ0v) is 9.97. The van der Waals surface area contributed by atoms with E-state index in [2.05, 4.69) is 5.32 Å². The fourth-order valence-electron chi connectivity index (χ4n) is 1.95. The summed E-state index contributed by atoms with van der Waals surface area (Å²) in [6.45, 7) is 0. The number of halogens is 1. The van der Waals surface area contributed by atoms with Crippen LogP contribution in [0, 0.1) is 11.7 Å². The van der Waals surface area contributed by atoms with Gasteiger partial charge in [-0.2, -0.15) is 0 Å². The highest BCUT2D eigenvalue weighted by Crippen LogP contribution is 2.22. The molecule has 0 saturated heterocycles. The second-order valence-electron chi connectivity index (χ2n) is 4.38. The van der Waals surface area contributed by atoms with Crippen molar-refractivity contribution >= 4 is 17.6 Å². The summed E-state index contributed by atoms with van der Waals surface area (Å²) in [4.78, 5) is 22.9. The van der Waals surface area contributed by atoms with Crippen molar-refractivity contribution in [1.29, 1.82) is 0 Å². The van der Waals surface area contributed by atoms with Crippen LogP contribution < -0.4 is 11.1 Å². The lowest BCUT2D eigenvalue weighted by Crippen LogP contribution is -2.24. The normalized spacial score (nSPS) is 21.4. The van der Waals surface area contributed by atoms with Gasteiger partial charge in [-0.05, 0) is 24.6 Å². The molecule has 0 heterocycles. The SMILES string of the molecule is NC1C=CC(C(=O)Nc2cc(F)ccc2C(=O)O)C1. The number of amides is 1. The molecule has 1 aromatic rings. The van der Waals surface area contributed by atoms with Crippen LogP contribution in [-0.4, -0.2) is 23.0 Å². The molecule has 1 aliphatic carbocycles. The molecule has 0 radical (unpaired) electrons. The van der Waals surface area contributed by atoms with Crippen LogP contribution in [-0.2, 0) is 4.79 Å². The first kappa shape index (κ1) is 13.2. The zero-order valence-electron chi connectivity index (χ0n) is 9.97. The van der Waals surface area contributed by atoms with Crippen LogP contribution in [0.5, 0.6) is 0 Å². The monoisotopic (exact) mass is 264 g/mol. The van der Waals surface area contributed by atoms with E-state index in [9.17, 15) is 14.0 Å². The molecule has 0 aliphatic heterocycles. The molecule has 0 fully saturated rings. The van der Waals surface area contributed by atoms with Gasteiger partial charge in [-0.25, -0.2) is 9.18 Å². The van der Waals surface area contributed by atoms with Gasteiger partial charge in [-0.1, -0.05) is 12.2 Å². The molecule has 1 amide bonds. The Kier molecular flexibility index (Phi) is 3.62. The number of nitrogens with two attached hydrogens (primary N) is 1. The first-order valence-electron chi connectivity index (χ1n) is 5.75. The minimum Gasteiger partial charge on any atom is -0.478 e. The van der Waals surface area contributed by atoms with E-state index in [-0.39, 0.29) is 17.3 Å². The van der Waals surface area contributed by atoms with Gasteiger partial charge in [-0.15, -0.1) is 0 Å². The Bertz CT molecular complexity index is 557. The summed E-state index contributed by atoms with van der Waals surface area (Å²) in [5.41, 5.74) is 5.44. The second kappa shape index (κ2) is 5.19. The van der Waals surface area contributed by atoms with Crippen molar-refractivity contribution in [1.82, 2.24) is 0 Å². The quantitative estimate of drug-likeness (QED) is 0.719. The van der Waals surface area contributed by atoms with E-state index in [1.165, 1.54) is 0 Å². The summed E-state index contributed by atoms with van der Waals surface area (Å²) in [5, 5.41) is 11.4. The minimum absolute atomic E-state index is 0.0497. The molecule has 6 heteroatoms. The molecular weight excluding hydrogens is 251 g/mol. The van der Waals surface area contributed by atoms with Crippen LogP contribution in [0.3, 0.4) is 0 Å². The fourth-order valence-corrected chi connectivity index (χ4v) is 1.95. The van der Waals surface area contributed by atoms with Gasteiger partial charge in [0.1, 0.15) is 5.82 Å². The van der Waals surface area contributed by atoms with Gasteiger partial charge < -0.3 is 16.2 Å². The van der Waals surface area contributed by atoms with Crippen LogP contribution in [0.15, 0.2) is 30.4 Å². The highest BCUT2D eigenvalue weighted by Gasteiger charge is 2.24. The van der Waals surface area contributed by atoms with Gasteiger partial charge in [0, 0.05) is 6.04 Å². The van der Waals surface area contributed by atoms with E-state index >= 15 is 0 Å². The van der Waals surface area contributed by atoms with Crippen molar-refractivity contribution in [2.24, 2.45) is 11.7 Å². The molecule has 2 rings (SSSR count). The van der Waals surface area contributed by atoms with E-state index in [0.717, 1.165) is 18.2 Å². The maximum absolute atomic E-state index is 13.1. The van der Waals surface area contributed by atoms with Gasteiger partial charge in [0.25, 0.3) is 0 Å². The Balaban J connectivity index is 2.18. The van der Waals surface area contributed by atoms with Crippen LogP contribution in [0.2, 0.25) is 0 Å². The summed E-state index contributed by atoms with van der Waals surface area (Å²) in [7, 11) is 0. The first-order chi connectivity index (χ1) is 8.97. The summed E-state index contributed by atoms with van der Waals surface area (Å²) >= 11 is 0. The Morgan fingerprint density at radius 1 is 1.37 bits per heavy atom. The molecule has 0 spiro atoms. The minimum atomic E-state index is -1.23. The molecule has 0 aromatic heterocycles. The van der Waals surface area contributed by atoms with Crippen LogP contribution >= 0.6 is 0 Å². The molecule has 19 heavy (non-hydrogen) atoms. The third-order valence-electron chi connectivity index (χ3n) is 2.92. The number of carbonyl (C=O) groups excluding carboxylic acids is 1. The Labute approximate surface area is 108 Å². The second-order valence-corrected chi connectivity index (χ2v) is 4.38. The predicted octanol–water partition coefficient (Wildman–Crippen LogP) is 1.37. The van der Waals surface area contributed by atoms with E-state index in [1.807, 2.05) is 0 Å². The lowest BCUT2D eigenvalue weighted by atomic mass is 10.1. The molecule has 1 aromatic carbocycles. The summed E-state index contributed by atoms with van der Waals surface area (Å²) in [6, 6.07) is 2.95. The maximum atomic E-state index is 13.1. The fraction of sp³-hybridized carbons (Fsp3) is 0.231. The topological polar surface area (TPSA) is 92.4 Å². The molecule has 2 unspecified atom stereocenters. The number of rotatable bonds is 3. The van der Waals surface area contributed by atoms with Crippen LogP contribution in [0.1, 0.15) is 16.8 Å². The van der Waals surface area contributed by atoms with Crippen LogP contribution in [0.4, 0.5) is 10.1 Å². The number of carbonyl (C=O) groups is 2. The molecule has 4 N–H and O–H groups in total. The number of hydrogen-bond acceptors (Lipinski definition) is 3. The van der Waals surface area contributed by atoms with Gasteiger partial charge in [-0.3, -0.25) is 4.79 Å². The highest BCUT2D eigenvalue weighted by atomic mass is 19.1. The number of benzene rings is 1. The molecule has 1 aliphatic rings. The van der Waals surface area contributed by atoms with Crippen molar-refractivity contribution in [2.45, 2.75) is 12.5 Å². The average Bonchev–Trinajstić information content (AvgIpc) is 2.75. The summed E-state index contributed by atoms with van der Waals surface area (Å²) in [6.07, 6.45) is 3.84. The van der Waals surface area contributed by atoms with Crippen molar-refractivity contribution in [3.8, 4) is 0 Å². The predicted molar refractivity (Wildman–Crippen MR) is 67.2 cm³/mol. The standard InChI is InChI=1S/C13H13FN2O3/c14-8-2-4-10(13(18)19)11(6-8)16-12(17)7-1-3-9(15)5-7/h1-4,6-7,9H,5,15H2,(H,16,17)(H,18,19). The van der Waals surface area contributed by atoms with Gasteiger partial charge in [0.05, 0.1) is 17.2 Å². The third kappa shape index (κ3) is 2.97. The first-order valence-corrected chi connectivity index (χ1v) is 5.75. The summed E-state index contributed by atoms with van der Waals surface area (Å²) in [5.74, 6) is -2.65. The van der Waals surface area contributed by atoms with Gasteiger partial charge >= 0.3 is 5.97 Å². The van der Waals surface area contributed by atoms with Crippen molar-refractivity contribution in [2.75, 3.05) is 5.32 Å². The molecule has 0 saturated carbocycles. The van der Waals surface area contributed by atoms with E-state index in [1.54, 1.807) is 12.2 Å². The van der Waals surface area contributed by atoms with E-state index in [0.29, 0.717) is 6.42 Å². The Hall–Kier alpha value is -2.21. The van der Waals surface area contributed by atoms with E-state index in [4.69, 9.17) is 10.8 Å². The number of hydrogen-bond donors (Lipinski definition) is 3. The summed E-state index contributed by atoms with van der Waals surface area (Å²) < 4.78 is 13.1. The Morgan fingerprint density at radius 3 is 2.68 bits per heavy atom. The van der Waals surface area contributed by atoms with Gasteiger partial charge in [0.15, 0.2) is 0 Å². The van der Waals surface area contributed by atoms with Crippen molar-refractivity contribution < 1.29 is 19.1 Å². The number of nitrogens with one attached hydrogen (secondary N) is 1. The maximum Gasteiger partial charge on any atom is 0.337 e. The Morgan fingerprint density at radius 2 is 2.11 bits per heavy atom. The molecule has 100 valence electrons. The smallest absolute Gasteiger partial charge is 0.337 e. The molecule has 2 atom stereocenters. The number of carboxylic acid groups (broad SMARTS) is 1. The van der Waals surface area contributed by atoms with Gasteiger partial charge in [0.2, 0.25) is 5.91 Å². The van der Waals surface area contributed by atoms with Crippen molar-refractivity contribution in [3.63, 3.8) is 0 Å². The number of carboxylic acids is 1. The number of anilines is 1.